The Morgan fingerprint density at radius 1 is 0.914 bits per heavy atom. The van der Waals surface area contributed by atoms with Crippen molar-refractivity contribution in [2.45, 2.75) is 46.1 Å². The number of hydrogen-bond acceptors (Lipinski definition) is 3. The van der Waals surface area contributed by atoms with Crippen molar-refractivity contribution in [3.8, 4) is 17.2 Å². The third-order valence-electron chi connectivity index (χ3n) is 6.98. The van der Waals surface area contributed by atoms with E-state index >= 15 is 0 Å². The van der Waals surface area contributed by atoms with Gasteiger partial charge in [-0.2, -0.15) is 5.26 Å². The summed E-state index contributed by atoms with van der Waals surface area (Å²) in [6, 6.07) is 23.5. The van der Waals surface area contributed by atoms with Crippen LogP contribution in [0.4, 0.5) is 0 Å². The van der Waals surface area contributed by atoms with Crippen LogP contribution in [0.5, 0.6) is 0 Å². The van der Waals surface area contributed by atoms with Crippen LogP contribution < -0.4 is 5.32 Å². The maximum Gasteiger partial charge on any atom is 0.100 e. The number of aryl methyl sites for hydroxylation is 2. The first-order chi connectivity index (χ1) is 17.2. The first-order valence-electron chi connectivity index (χ1n) is 13.0. The quantitative estimate of drug-likeness (QED) is 0.279. The van der Waals surface area contributed by atoms with E-state index < -0.39 is 0 Å². The molecule has 35 heavy (non-hydrogen) atoms. The smallest absolute Gasteiger partial charge is 0.100 e. The molecule has 0 spiro atoms. The Morgan fingerprint density at radius 3 is 2.43 bits per heavy atom. The lowest BCUT2D eigenvalue weighted by Crippen LogP contribution is -2.43. The van der Waals surface area contributed by atoms with Crippen molar-refractivity contribution in [1.82, 2.24) is 10.2 Å². The van der Waals surface area contributed by atoms with Crippen molar-refractivity contribution < 1.29 is 0 Å². The average molecular weight is 464 g/mol. The molecule has 1 heterocycles. The fraction of sp³-hybridized carbons (Fsp3) is 0.344. The zero-order valence-electron chi connectivity index (χ0n) is 21.2. The fourth-order valence-corrected chi connectivity index (χ4v) is 4.94. The molecule has 1 aliphatic rings. The summed E-state index contributed by atoms with van der Waals surface area (Å²) in [7, 11) is 0. The van der Waals surface area contributed by atoms with Gasteiger partial charge in [-0.25, -0.2) is 0 Å². The van der Waals surface area contributed by atoms with Crippen LogP contribution in [0.15, 0.2) is 60.7 Å². The Balaban J connectivity index is 1.64. The summed E-state index contributed by atoms with van der Waals surface area (Å²) < 4.78 is 0. The summed E-state index contributed by atoms with van der Waals surface area (Å²) in [5.41, 5.74) is 9.24. The zero-order valence-corrected chi connectivity index (χ0v) is 21.2. The Hall–Kier alpha value is -3.19. The van der Waals surface area contributed by atoms with Crippen LogP contribution in [0.1, 0.15) is 59.6 Å². The minimum Gasteiger partial charge on any atom is -0.314 e. The molecule has 0 aromatic heterocycles. The third-order valence-corrected chi connectivity index (χ3v) is 6.98. The van der Waals surface area contributed by atoms with Crippen molar-refractivity contribution >= 4 is 12.2 Å². The Morgan fingerprint density at radius 2 is 1.69 bits per heavy atom. The Kier molecular flexibility index (Phi) is 8.90. The molecule has 1 saturated heterocycles. The van der Waals surface area contributed by atoms with Crippen LogP contribution >= 0.6 is 0 Å². The standard InChI is InChI=1S/C32H37N3/c1-3-4-6-12-29-22-28(25(2)21-30(29)24-35-19-17-34-18-20-35)16-15-27-13-9-14-31(32(27)23-33)26-10-7-5-8-11-26/h5,7-11,13-16,21-22,34H,3-4,6,12,17-20,24H2,1-2H3/b16-15+. The van der Waals surface area contributed by atoms with Gasteiger partial charge in [-0.3, -0.25) is 4.90 Å². The summed E-state index contributed by atoms with van der Waals surface area (Å²) in [5.74, 6) is 0. The van der Waals surface area contributed by atoms with Crippen molar-refractivity contribution in [2.75, 3.05) is 26.2 Å². The van der Waals surface area contributed by atoms with E-state index in [0.717, 1.165) is 61.4 Å². The molecular weight excluding hydrogens is 426 g/mol. The second-order valence-corrected chi connectivity index (χ2v) is 9.54. The average Bonchev–Trinajstić information content (AvgIpc) is 2.90. The number of piperazine rings is 1. The van der Waals surface area contributed by atoms with Gasteiger partial charge in [0.1, 0.15) is 6.07 Å². The molecule has 1 fully saturated rings. The highest BCUT2D eigenvalue weighted by molar-refractivity contribution is 5.80. The highest BCUT2D eigenvalue weighted by Crippen LogP contribution is 2.28. The van der Waals surface area contributed by atoms with Gasteiger partial charge in [0.15, 0.2) is 0 Å². The minimum atomic E-state index is 0.728. The molecule has 3 aromatic rings. The fourth-order valence-electron chi connectivity index (χ4n) is 4.94. The van der Waals surface area contributed by atoms with E-state index in [1.807, 2.05) is 36.4 Å². The Labute approximate surface area is 211 Å². The van der Waals surface area contributed by atoms with Crippen LogP contribution in [0.2, 0.25) is 0 Å². The molecule has 3 nitrogen and oxygen atoms in total. The van der Waals surface area contributed by atoms with E-state index in [4.69, 9.17) is 0 Å². The molecule has 0 saturated carbocycles. The number of rotatable bonds is 9. The lowest BCUT2D eigenvalue weighted by Gasteiger charge is -2.28. The van der Waals surface area contributed by atoms with Crippen molar-refractivity contribution in [3.05, 3.63) is 94.0 Å². The summed E-state index contributed by atoms with van der Waals surface area (Å²) in [4.78, 5) is 2.57. The molecule has 0 aliphatic carbocycles. The van der Waals surface area contributed by atoms with Crippen molar-refractivity contribution in [2.24, 2.45) is 0 Å². The molecule has 1 aliphatic heterocycles. The van der Waals surface area contributed by atoms with Gasteiger partial charge in [-0.05, 0) is 53.1 Å². The van der Waals surface area contributed by atoms with E-state index in [2.05, 4.69) is 66.6 Å². The van der Waals surface area contributed by atoms with Gasteiger partial charge in [-0.1, -0.05) is 92.6 Å². The van der Waals surface area contributed by atoms with Gasteiger partial charge in [0.25, 0.3) is 0 Å². The van der Waals surface area contributed by atoms with Crippen LogP contribution in [0.3, 0.4) is 0 Å². The van der Waals surface area contributed by atoms with Gasteiger partial charge < -0.3 is 5.32 Å². The lowest BCUT2D eigenvalue weighted by molar-refractivity contribution is 0.232. The van der Waals surface area contributed by atoms with Crippen LogP contribution in [-0.2, 0) is 13.0 Å². The maximum atomic E-state index is 9.98. The molecular formula is C32H37N3. The monoisotopic (exact) mass is 463 g/mol. The largest absolute Gasteiger partial charge is 0.314 e. The van der Waals surface area contributed by atoms with Crippen molar-refractivity contribution in [3.63, 3.8) is 0 Å². The predicted molar refractivity (Wildman–Crippen MR) is 148 cm³/mol. The number of nitrogens with one attached hydrogen (secondary N) is 1. The van der Waals surface area contributed by atoms with Crippen LogP contribution in [-0.4, -0.2) is 31.1 Å². The highest BCUT2D eigenvalue weighted by Gasteiger charge is 2.14. The van der Waals surface area contributed by atoms with Gasteiger partial charge in [0.05, 0.1) is 5.56 Å². The summed E-state index contributed by atoms with van der Waals surface area (Å²) in [6.07, 6.45) is 9.17. The SMILES string of the molecule is CCCCCc1cc(/C=C/c2cccc(-c3ccccc3)c2C#N)c(C)cc1CN1CCNCC1. The van der Waals surface area contributed by atoms with Gasteiger partial charge in [0, 0.05) is 38.3 Å². The molecule has 0 atom stereocenters. The molecule has 3 heteroatoms. The van der Waals surface area contributed by atoms with Crippen LogP contribution in [0.25, 0.3) is 23.3 Å². The minimum absolute atomic E-state index is 0.728. The number of nitrogens with zero attached hydrogens (tertiary/aromatic N) is 2. The predicted octanol–water partition coefficient (Wildman–Crippen LogP) is 6.84. The number of benzene rings is 3. The molecule has 0 radical (unpaired) electrons. The maximum absolute atomic E-state index is 9.98. The van der Waals surface area contributed by atoms with E-state index in [-0.39, 0.29) is 0 Å². The van der Waals surface area contributed by atoms with E-state index in [0.29, 0.717) is 0 Å². The number of nitriles is 1. The normalized spacial score (nSPS) is 14.3. The first kappa shape index (κ1) is 24.9. The molecule has 0 amide bonds. The molecule has 4 rings (SSSR count). The number of hydrogen-bond donors (Lipinski definition) is 1. The van der Waals surface area contributed by atoms with E-state index in [1.165, 1.54) is 41.5 Å². The molecule has 0 unspecified atom stereocenters. The topological polar surface area (TPSA) is 39.1 Å². The summed E-state index contributed by atoms with van der Waals surface area (Å²) in [5, 5.41) is 13.4. The van der Waals surface area contributed by atoms with E-state index in [1.54, 1.807) is 0 Å². The molecule has 180 valence electrons. The summed E-state index contributed by atoms with van der Waals surface area (Å²) >= 11 is 0. The van der Waals surface area contributed by atoms with Gasteiger partial charge >= 0.3 is 0 Å². The van der Waals surface area contributed by atoms with Crippen LogP contribution in [0, 0.1) is 18.3 Å². The highest BCUT2D eigenvalue weighted by atomic mass is 15.2. The second-order valence-electron chi connectivity index (χ2n) is 9.54. The van der Waals surface area contributed by atoms with Gasteiger partial charge in [0.2, 0.25) is 0 Å². The lowest BCUT2D eigenvalue weighted by atomic mass is 9.93. The molecule has 1 N–H and O–H groups in total. The number of unbranched alkanes of at least 4 members (excludes halogenated alkanes) is 2. The third kappa shape index (κ3) is 6.48. The summed E-state index contributed by atoms with van der Waals surface area (Å²) in [6.45, 7) is 9.89. The molecule has 0 bridgehead atoms. The van der Waals surface area contributed by atoms with Crippen molar-refractivity contribution in [1.29, 1.82) is 5.26 Å². The van der Waals surface area contributed by atoms with Gasteiger partial charge in [-0.15, -0.1) is 0 Å². The molecule has 3 aromatic carbocycles. The first-order valence-corrected chi connectivity index (χ1v) is 13.0. The van der Waals surface area contributed by atoms with E-state index in [9.17, 15) is 5.26 Å². The second kappa shape index (κ2) is 12.5. The Bertz CT molecular complexity index is 1180. The zero-order chi connectivity index (χ0) is 24.5.